The Labute approximate surface area is 161 Å². The van der Waals surface area contributed by atoms with E-state index in [-0.39, 0.29) is 11.5 Å². The molecular weight excluding hydrogens is 390 g/mol. The van der Waals surface area contributed by atoms with Crippen molar-refractivity contribution in [3.05, 3.63) is 42.9 Å². The summed E-state index contributed by atoms with van der Waals surface area (Å²) in [5.41, 5.74) is 0.733. The number of esters is 1. The molecule has 1 fully saturated rings. The summed E-state index contributed by atoms with van der Waals surface area (Å²) < 4.78 is 12.1. The van der Waals surface area contributed by atoms with Gasteiger partial charge in [-0.2, -0.15) is 0 Å². The third-order valence-electron chi connectivity index (χ3n) is 4.44. The number of thiazole rings is 1. The van der Waals surface area contributed by atoms with E-state index in [9.17, 15) is 14.4 Å². The molecule has 10 heteroatoms. The van der Waals surface area contributed by atoms with Crippen LogP contribution in [0.5, 0.6) is 0 Å². The third-order valence-corrected chi connectivity index (χ3v) is 5.80. The maximum atomic E-state index is 12.9. The number of ether oxygens (including phenoxy) is 2. The first kappa shape index (κ1) is 17.8. The number of benzene rings is 1. The lowest BCUT2D eigenvalue weighted by Gasteiger charge is -2.26. The number of rotatable bonds is 2. The van der Waals surface area contributed by atoms with E-state index >= 15 is 0 Å². The minimum absolute atomic E-state index is 0.198. The van der Waals surface area contributed by atoms with E-state index < -0.39 is 5.97 Å². The highest BCUT2D eigenvalue weighted by atomic mass is 32.1. The van der Waals surface area contributed by atoms with Gasteiger partial charge in [0.25, 0.3) is 11.5 Å². The molecule has 1 aliphatic rings. The molecule has 0 atom stereocenters. The second kappa shape index (κ2) is 6.87. The molecule has 0 unspecified atom stereocenters. The summed E-state index contributed by atoms with van der Waals surface area (Å²) in [5, 5.41) is 0.370. The Morgan fingerprint density at radius 3 is 2.74 bits per heavy atom. The number of aromatic amines is 1. The second-order valence-electron chi connectivity index (χ2n) is 5.96. The van der Waals surface area contributed by atoms with Crippen LogP contribution >= 0.6 is 23.6 Å². The van der Waals surface area contributed by atoms with Crippen LogP contribution in [0.15, 0.2) is 23.0 Å². The van der Waals surface area contributed by atoms with Crippen LogP contribution < -0.4 is 5.56 Å². The van der Waals surface area contributed by atoms with E-state index in [0.717, 1.165) is 11.3 Å². The summed E-state index contributed by atoms with van der Waals surface area (Å²) >= 11 is 6.58. The molecule has 0 saturated carbocycles. The van der Waals surface area contributed by atoms with Crippen molar-refractivity contribution < 1.29 is 19.1 Å². The number of fused-ring (bicyclic) bond motifs is 3. The zero-order chi connectivity index (χ0) is 19.1. The lowest BCUT2D eigenvalue weighted by Crippen LogP contribution is -2.40. The van der Waals surface area contributed by atoms with Crippen molar-refractivity contribution in [3.8, 4) is 0 Å². The Bertz CT molecular complexity index is 1190. The summed E-state index contributed by atoms with van der Waals surface area (Å²) in [5.74, 6) is -0.715. The molecule has 140 valence electrons. The normalized spacial score (nSPS) is 14.6. The van der Waals surface area contributed by atoms with Gasteiger partial charge < -0.3 is 19.4 Å². The van der Waals surface area contributed by atoms with Gasteiger partial charge in [0, 0.05) is 13.1 Å². The zero-order valence-corrected chi connectivity index (χ0v) is 15.9. The lowest BCUT2D eigenvalue weighted by atomic mass is 10.1. The number of hydrogen-bond acceptors (Lipinski definition) is 7. The van der Waals surface area contributed by atoms with Crippen LogP contribution in [0.1, 0.15) is 20.0 Å². The summed E-state index contributed by atoms with van der Waals surface area (Å²) in [6.45, 7) is 1.93. The molecule has 4 rings (SSSR count). The molecule has 1 aliphatic heterocycles. The van der Waals surface area contributed by atoms with Crippen LogP contribution in [-0.4, -0.2) is 59.6 Å². The van der Waals surface area contributed by atoms with Crippen molar-refractivity contribution in [3.63, 3.8) is 0 Å². The molecule has 2 aromatic heterocycles. The highest BCUT2D eigenvalue weighted by Gasteiger charge is 2.24. The van der Waals surface area contributed by atoms with Gasteiger partial charge in [-0.3, -0.25) is 14.0 Å². The van der Waals surface area contributed by atoms with E-state index in [1.54, 1.807) is 21.4 Å². The van der Waals surface area contributed by atoms with Gasteiger partial charge in [0.15, 0.2) is 3.95 Å². The summed E-state index contributed by atoms with van der Waals surface area (Å²) in [4.78, 5) is 42.1. The molecule has 1 amide bonds. The van der Waals surface area contributed by atoms with Crippen molar-refractivity contribution in [2.45, 2.75) is 0 Å². The average molecular weight is 405 g/mol. The van der Waals surface area contributed by atoms with Crippen molar-refractivity contribution in [1.82, 2.24) is 14.3 Å². The van der Waals surface area contributed by atoms with Gasteiger partial charge in [0.05, 0.1) is 36.8 Å². The molecule has 1 aromatic carbocycles. The first-order chi connectivity index (χ1) is 13.0. The van der Waals surface area contributed by atoms with E-state index in [0.29, 0.717) is 57.2 Å². The monoisotopic (exact) mass is 405 g/mol. The number of amides is 1. The van der Waals surface area contributed by atoms with Crippen molar-refractivity contribution in [2.24, 2.45) is 0 Å². The molecule has 1 saturated heterocycles. The third kappa shape index (κ3) is 2.95. The Balaban J connectivity index is 1.96. The van der Waals surface area contributed by atoms with Crippen LogP contribution in [0.4, 0.5) is 0 Å². The number of hydrogen-bond donors (Lipinski definition) is 1. The molecule has 3 heterocycles. The Hall–Kier alpha value is -2.56. The number of carbonyl (C=O) groups is 2. The predicted octanol–water partition coefficient (Wildman–Crippen LogP) is 1.83. The quantitative estimate of drug-likeness (QED) is 0.517. The maximum Gasteiger partial charge on any atom is 0.337 e. The van der Waals surface area contributed by atoms with E-state index in [1.807, 2.05) is 0 Å². The molecule has 1 N–H and O–H groups in total. The summed E-state index contributed by atoms with van der Waals surface area (Å²) in [6, 6.07) is 4.61. The number of nitrogens with zero attached hydrogens (tertiary/aromatic N) is 2. The highest BCUT2D eigenvalue weighted by molar-refractivity contribution is 7.73. The predicted molar refractivity (Wildman–Crippen MR) is 102 cm³/mol. The number of aromatic nitrogens is 2. The molecule has 0 radical (unpaired) electrons. The van der Waals surface area contributed by atoms with E-state index in [1.165, 1.54) is 13.2 Å². The Kier molecular flexibility index (Phi) is 4.54. The minimum Gasteiger partial charge on any atom is -0.465 e. The standard InChI is InChI=1S/C17H15N3O5S2/c1-24-16(23)9-2-3-10-11(8-9)20-13(18-14(10)21)12(27-17(20)26)15(22)19-4-6-25-7-5-19/h2-3,8H,4-7H2,1H3,(H,18,21). The fourth-order valence-corrected chi connectivity index (χ4v) is 4.44. The van der Waals surface area contributed by atoms with Crippen LogP contribution in [0, 0.1) is 3.95 Å². The van der Waals surface area contributed by atoms with Crippen molar-refractivity contribution in [2.75, 3.05) is 33.4 Å². The van der Waals surface area contributed by atoms with E-state index in [2.05, 4.69) is 4.98 Å². The molecule has 0 bridgehead atoms. The van der Waals surface area contributed by atoms with Gasteiger partial charge in [-0.1, -0.05) is 11.3 Å². The first-order valence-corrected chi connectivity index (χ1v) is 9.40. The summed E-state index contributed by atoms with van der Waals surface area (Å²) in [6.07, 6.45) is 0. The fourth-order valence-electron chi connectivity index (χ4n) is 3.09. The minimum atomic E-state index is -0.517. The van der Waals surface area contributed by atoms with Crippen molar-refractivity contribution in [1.29, 1.82) is 0 Å². The maximum absolute atomic E-state index is 12.9. The van der Waals surface area contributed by atoms with Crippen LogP contribution in [0.2, 0.25) is 0 Å². The van der Waals surface area contributed by atoms with Gasteiger partial charge >= 0.3 is 5.97 Å². The van der Waals surface area contributed by atoms with Gasteiger partial charge in [-0.05, 0) is 30.4 Å². The van der Waals surface area contributed by atoms with Gasteiger partial charge in [0.1, 0.15) is 10.5 Å². The molecule has 0 aliphatic carbocycles. The topological polar surface area (TPSA) is 93.1 Å². The number of carbonyl (C=O) groups excluding carboxylic acids is 2. The Morgan fingerprint density at radius 1 is 1.30 bits per heavy atom. The smallest absolute Gasteiger partial charge is 0.337 e. The second-order valence-corrected chi connectivity index (χ2v) is 7.61. The molecule has 27 heavy (non-hydrogen) atoms. The fraction of sp³-hybridized carbons (Fsp3) is 0.294. The summed E-state index contributed by atoms with van der Waals surface area (Å²) in [7, 11) is 1.29. The Morgan fingerprint density at radius 2 is 2.04 bits per heavy atom. The van der Waals surface area contributed by atoms with Crippen LogP contribution in [-0.2, 0) is 9.47 Å². The van der Waals surface area contributed by atoms with Crippen LogP contribution in [0.25, 0.3) is 16.6 Å². The number of morpholine rings is 1. The zero-order valence-electron chi connectivity index (χ0n) is 14.3. The number of methoxy groups -OCH3 is 1. The molecular formula is C17H15N3O5S2. The first-order valence-electron chi connectivity index (χ1n) is 8.18. The SMILES string of the molecule is COC(=O)c1ccc2c(=O)[nH]c3c(C(=O)N4CCOCC4)sc(=S)n3c2c1. The molecule has 0 spiro atoms. The van der Waals surface area contributed by atoms with E-state index in [4.69, 9.17) is 21.7 Å². The van der Waals surface area contributed by atoms with Crippen LogP contribution in [0.3, 0.4) is 0 Å². The number of nitrogens with one attached hydrogen (secondary N) is 1. The molecule has 8 nitrogen and oxygen atoms in total. The van der Waals surface area contributed by atoms with Gasteiger partial charge in [-0.25, -0.2) is 4.79 Å². The lowest BCUT2D eigenvalue weighted by molar-refractivity contribution is 0.0307. The highest BCUT2D eigenvalue weighted by Crippen LogP contribution is 2.25. The largest absolute Gasteiger partial charge is 0.465 e. The number of H-pyrrole nitrogens is 1. The van der Waals surface area contributed by atoms with Crippen molar-refractivity contribution >= 4 is 52.0 Å². The van der Waals surface area contributed by atoms with Gasteiger partial charge in [-0.15, -0.1) is 0 Å². The van der Waals surface area contributed by atoms with Gasteiger partial charge in [0.2, 0.25) is 0 Å². The average Bonchev–Trinajstić information content (AvgIpc) is 3.03. The molecule has 3 aromatic rings.